The Hall–Kier alpha value is -5.92. The molecule has 1 saturated carbocycles. The number of benzene rings is 2. The predicted molar refractivity (Wildman–Crippen MR) is 254 cm³/mol. The number of urea groups is 1. The molecule has 7 rings (SSSR count). The van der Waals surface area contributed by atoms with Gasteiger partial charge in [0.05, 0.1) is 38.7 Å². The lowest BCUT2D eigenvalue weighted by molar-refractivity contribution is -0.151. The summed E-state index contributed by atoms with van der Waals surface area (Å²) in [6.45, 7) is -3.18. The number of hydrogen-bond donors (Lipinski definition) is 3. The summed E-state index contributed by atoms with van der Waals surface area (Å²) in [6.07, 6.45) is -10.5. The zero-order valence-corrected chi connectivity index (χ0v) is 44.2. The normalized spacial score (nSPS) is 16.9. The van der Waals surface area contributed by atoms with Crippen LogP contribution in [0.3, 0.4) is 0 Å². The molecule has 426 valence electrons. The maximum Gasteiger partial charge on any atom is 0.472 e. The van der Waals surface area contributed by atoms with Crippen molar-refractivity contribution in [3.63, 3.8) is 0 Å². The van der Waals surface area contributed by atoms with Gasteiger partial charge >= 0.3 is 32.2 Å². The Balaban J connectivity index is 1.43. The van der Waals surface area contributed by atoms with E-state index in [1.54, 1.807) is 0 Å². The molecule has 0 radical (unpaired) electrons. The van der Waals surface area contributed by atoms with Gasteiger partial charge in [-0.15, -0.1) is 0 Å². The lowest BCUT2D eigenvalue weighted by Crippen LogP contribution is -2.46. The van der Waals surface area contributed by atoms with Crippen LogP contribution in [0.25, 0.3) is 22.0 Å². The summed E-state index contributed by atoms with van der Waals surface area (Å²) >= 11 is 6.64. The molecule has 3 heterocycles. The highest BCUT2D eigenvalue weighted by Crippen LogP contribution is 2.68. The number of nitrogens with one attached hydrogen (secondary N) is 1. The van der Waals surface area contributed by atoms with E-state index in [4.69, 9.17) is 21.4 Å². The van der Waals surface area contributed by atoms with Crippen LogP contribution >= 0.6 is 19.4 Å². The van der Waals surface area contributed by atoms with Gasteiger partial charge in [-0.25, -0.2) is 39.5 Å². The average molecular weight is 1200 g/mol. The van der Waals surface area contributed by atoms with Crippen LogP contribution in [0.5, 0.6) is 0 Å². The van der Waals surface area contributed by atoms with Gasteiger partial charge in [0.2, 0.25) is 22.7 Å². The third-order valence-electron chi connectivity index (χ3n) is 12.8. The first-order valence-electron chi connectivity index (χ1n) is 22.6. The number of rotatable bonds is 19. The number of esters is 1. The summed E-state index contributed by atoms with van der Waals surface area (Å²) in [5, 5.41) is 8.38. The fourth-order valence-corrected chi connectivity index (χ4v) is 10.6. The molecule has 0 spiro atoms. The third-order valence-corrected chi connectivity index (χ3v) is 16.7. The van der Waals surface area contributed by atoms with Crippen LogP contribution in [-0.4, -0.2) is 118 Å². The number of pyridine rings is 1. The molecular formula is C44H44ClF10N8O12PS2. The summed E-state index contributed by atoms with van der Waals surface area (Å²) in [5.41, 5.74) is -5.84. The Bertz CT molecular complexity index is 3500. The largest absolute Gasteiger partial charge is 0.472 e. The van der Waals surface area contributed by atoms with Crippen molar-refractivity contribution in [2.45, 2.75) is 87.6 Å². The number of fused-ring (bicyclic) bond motifs is 4. The van der Waals surface area contributed by atoms with Crippen LogP contribution in [0.4, 0.5) is 54.5 Å². The van der Waals surface area contributed by atoms with Gasteiger partial charge in [0, 0.05) is 47.7 Å². The molecule has 0 bridgehead atoms. The van der Waals surface area contributed by atoms with E-state index in [9.17, 15) is 70.9 Å². The van der Waals surface area contributed by atoms with E-state index in [2.05, 4.69) is 29.8 Å². The van der Waals surface area contributed by atoms with Gasteiger partial charge in [0.25, 0.3) is 5.92 Å². The number of amides is 3. The van der Waals surface area contributed by atoms with Gasteiger partial charge in [-0.2, -0.15) is 49.6 Å². The molecule has 3 aromatic heterocycles. The number of phosphoric acid groups is 1. The Morgan fingerprint density at radius 1 is 0.962 bits per heavy atom. The number of carbonyl (C=O) groups excluding carboxylic acids is 3. The molecular weight excluding hydrogens is 1150 g/mol. The Morgan fingerprint density at radius 3 is 2.17 bits per heavy atom. The number of sulfone groups is 1. The van der Waals surface area contributed by atoms with Gasteiger partial charge in [-0.3, -0.25) is 23.9 Å². The van der Waals surface area contributed by atoms with Crippen LogP contribution < -0.4 is 9.62 Å². The first-order valence-corrected chi connectivity index (χ1v) is 28.2. The van der Waals surface area contributed by atoms with Crippen LogP contribution in [0.1, 0.15) is 72.6 Å². The number of aromatic nitrogens is 5. The number of carbonyl (C=O) groups is 3. The third kappa shape index (κ3) is 12.9. The second-order valence-electron chi connectivity index (χ2n) is 19.0. The monoisotopic (exact) mass is 1200 g/mol. The highest BCUT2D eigenvalue weighted by molar-refractivity contribution is 7.93. The van der Waals surface area contributed by atoms with E-state index in [-0.39, 0.29) is 49.8 Å². The summed E-state index contributed by atoms with van der Waals surface area (Å²) in [5.74, 6) is -12.9. The summed E-state index contributed by atoms with van der Waals surface area (Å²) < 4.78 is 219. The van der Waals surface area contributed by atoms with E-state index >= 15 is 8.78 Å². The van der Waals surface area contributed by atoms with Crippen LogP contribution in [0, 0.1) is 17.6 Å². The maximum absolute atomic E-state index is 15.6. The number of likely N-dealkylation sites (N-methyl/N-ethyl adjacent to an activating group) is 1. The van der Waals surface area contributed by atoms with E-state index in [0.717, 1.165) is 37.6 Å². The Labute approximate surface area is 440 Å². The van der Waals surface area contributed by atoms with Gasteiger partial charge in [-0.1, -0.05) is 23.7 Å². The highest BCUT2D eigenvalue weighted by atomic mass is 35.5. The first-order chi connectivity index (χ1) is 35.7. The zero-order chi connectivity index (χ0) is 58.2. The summed E-state index contributed by atoms with van der Waals surface area (Å²) in [4.78, 5) is 63.5. The molecule has 3 amide bonds. The first kappa shape index (κ1) is 59.7. The lowest BCUT2D eigenvalue weighted by Gasteiger charge is -2.25. The molecule has 3 atom stereocenters. The minimum atomic E-state index is -5.25. The van der Waals surface area contributed by atoms with Crippen LogP contribution in [0.2, 0.25) is 5.02 Å². The fourth-order valence-electron chi connectivity index (χ4n) is 8.83. The molecule has 2 aromatic carbocycles. The average Bonchev–Trinajstić information content (AvgIpc) is 4.03. The van der Waals surface area contributed by atoms with Crippen molar-refractivity contribution in [3.8, 4) is 11.1 Å². The van der Waals surface area contributed by atoms with Crippen molar-refractivity contribution < 1.29 is 98.7 Å². The summed E-state index contributed by atoms with van der Waals surface area (Å²) in [7, 11) is -13.2. The Kier molecular flexibility index (Phi) is 16.0. The van der Waals surface area contributed by atoms with Gasteiger partial charge in [0.15, 0.2) is 21.3 Å². The maximum atomic E-state index is 15.6. The second kappa shape index (κ2) is 21.0. The second-order valence-corrected chi connectivity index (χ2v) is 25.2. The zero-order valence-electron chi connectivity index (χ0n) is 41.0. The molecule has 20 nitrogen and oxygen atoms in total. The van der Waals surface area contributed by atoms with E-state index in [0.29, 0.717) is 17.2 Å². The number of anilines is 1. The molecule has 5 aromatic rings. The molecule has 1 fully saturated rings. The number of halogens is 11. The van der Waals surface area contributed by atoms with Crippen molar-refractivity contribution >= 4 is 73.9 Å². The number of alkyl halides is 8. The highest BCUT2D eigenvalue weighted by Gasteiger charge is 2.68. The Morgan fingerprint density at radius 2 is 1.59 bits per heavy atom. The minimum absolute atomic E-state index is 0.00728. The lowest BCUT2D eigenvalue weighted by atomic mass is 9.93. The van der Waals surface area contributed by atoms with E-state index in [1.165, 1.54) is 26.0 Å². The number of aryl methyl sites for hydroxylation is 1. The topological polar surface area (TPSA) is 263 Å². The molecule has 2 aliphatic carbocycles. The minimum Gasteiger partial charge on any atom is -0.437 e. The number of phosphoric ester groups is 1. The van der Waals surface area contributed by atoms with E-state index < -0.39 is 181 Å². The van der Waals surface area contributed by atoms with Crippen molar-refractivity contribution in [1.82, 2.24) is 34.8 Å². The molecule has 34 heteroatoms. The van der Waals surface area contributed by atoms with Gasteiger partial charge < -0.3 is 24.7 Å². The predicted octanol–water partition coefficient (Wildman–Crippen LogP) is 7.30. The smallest absolute Gasteiger partial charge is 0.437 e. The van der Waals surface area contributed by atoms with Crippen molar-refractivity contribution in [1.29, 1.82) is 0 Å². The van der Waals surface area contributed by atoms with Crippen LogP contribution in [-0.2, 0) is 81.3 Å². The van der Waals surface area contributed by atoms with E-state index in [1.807, 2.05) is 0 Å². The molecule has 2 aliphatic rings. The fraction of sp³-hybridized carbons (Fsp3) is 0.455. The number of sulfonamides is 1. The van der Waals surface area contributed by atoms with Crippen molar-refractivity contribution in [2.24, 2.45) is 5.92 Å². The number of nitrogens with zero attached hydrogens (tertiary/aromatic N) is 7. The molecule has 0 saturated heterocycles. The van der Waals surface area contributed by atoms with Gasteiger partial charge in [0.1, 0.15) is 37.0 Å². The molecule has 78 heavy (non-hydrogen) atoms. The molecule has 0 aliphatic heterocycles. The van der Waals surface area contributed by atoms with Crippen LogP contribution in [0.15, 0.2) is 42.5 Å². The molecule has 3 N–H and O–H groups in total. The number of hydrogen-bond acceptors (Lipinski definition) is 13. The SMILES string of the molecule is CN(CC(=O)OCOP(=O)(O)O)C(=O)N(c1nn(CC(F)(F)F)c2c(-c3ccc(CCC(C)(C)S(C)(=O)=O)nc3[C@H](Cc3cc(F)cc(F)c3)NC(=O)Cn3nc(C(F)(F)F)c4c3C(F)(F)C3C[C@H]43)ccc(Cl)c12)S(C)(=O)=O. The standard InChI is InChI=1S/C44H44ClF10N8O12PS2/c1-41(2,77(4,70)71)11-10-24-6-7-25(26-8-9-29(45)34-36(26)62(19-42(48,49)50)59-39(34)63(78(5,72)73)40(66)60(3)18-32(65)74-20-75-76(67,68)69)35(56-24)30(14-21-12-22(46)15-23(47)13-21)57-31(64)17-61-38-33(37(58-61)44(53,54)55)27-16-28(27)43(38,51)52/h6-9,12-13,15,27-28,30H,10-11,14,16-20H2,1-5H3,(H,57,64)(H2,67,68,69)/t27-,28?,30-/m0/s1. The van der Waals surface area contributed by atoms with Crippen molar-refractivity contribution in [3.05, 3.63) is 93.0 Å². The van der Waals surface area contributed by atoms with Gasteiger partial charge in [-0.05, 0) is 75.3 Å². The van der Waals surface area contributed by atoms with Crippen molar-refractivity contribution in [2.75, 3.05) is 37.2 Å². The summed E-state index contributed by atoms with van der Waals surface area (Å²) in [6, 6.07) is 3.04. The quantitative estimate of drug-likeness (QED) is 0.0317. The molecule has 1 unspecified atom stereocenters. The number of ether oxygens (including phenoxy) is 1.